The smallest absolute Gasteiger partial charge is 0.219 e. The van der Waals surface area contributed by atoms with E-state index in [2.05, 4.69) is 17.0 Å². The van der Waals surface area contributed by atoms with Crippen molar-refractivity contribution >= 4 is 12.6 Å². The van der Waals surface area contributed by atoms with Gasteiger partial charge in [-0.25, -0.2) is 0 Å². The Morgan fingerprint density at radius 3 is 2.64 bits per heavy atom. The first kappa shape index (κ1) is 12.6. The molecule has 1 amide bonds. The van der Waals surface area contributed by atoms with Crippen LogP contribution in [0.5, 0.6) is 0 Å². The van der Waals surface area contributed by atoms with E-state index in [-0.39, 0.29) is 5.91 Å². The lowest BCUT2D eigenvalue weighted by atomic mass is 10.2. The molecule has 0 aliphatic carbocycles. The van der Waals surface area contributed by atoms with Crippen molar-refractivity contribution in [2.75, 3.05) is 6.54 Å². The minimum Gasteiger partial charge on any atom is -0.352 e. The van der Waals surface area contributed by atoms with Gasteiger partial charge in [0.1, 0.15) is 0 Å². The van der Waals surface area contributed by atoms with Crippen LogP contribution in [0, 0.1) is 0 Å². The number of nitrogens with zero attached hydrogens (tertiary/aromatic N) is 1. The molecule has 1 N–H and O–H groups in total. The van der Waals surface area contributed by atoms with E-state index in [9.17, 15) is 4.79 Å². The summed E-state index contributed by atoms with van der Waals surface area (Å²) in [5.74, 6) is 0.0574. The molecule has 0 aliphatic rings. The summed E-state index contributed by atoms with van der Waals surface area (Å²) in [6.45, 7) is 9.61. The van der Waals surface area contributed by atoms with Crippen LogP contribution in [0.15, 0.2) is 28.4 Å². The summed E-state index contributed by atoms with van der Waals surface area (Å²) in [4.78, 5) is 14.8. The molecule has 0 saturated heterocycles. The van der Waals surface area contributed by atoms with Crippen LogP contribution >= 0.6 is 0 Å². The number of carbonyl (C=O) groups is 1. The van der Waals surface area contributed by atoms with Crippen molar-refractivity contribution < 1.29 is 4.79 Å². The minimum absolute atomic E-state index is 0.0574. The molecule has 0 aliphatic heterocycles. The molecular formula is C11H18N2O. The maximum atomic E-state index is 11.0. The molecule has 14 heavy (non-hydrogen) atoms. The van der Waals surface area contributed by atoms with Crippen LogP contribution in [0.4, 0.5) is 0 Å². The third kappa shape index (κ3) is 5.30. The van der Waals surface area contributed by atoms with Crippen LogP contribution in [0.1, 0.15) is 27.2 Å². The summed E-state index contributed by atoms with van der Waals surface area (Å²) in [5, 5.41) is 2.80. The average molecular weight is 194 g/mol. The second-order valence-corrected chi connectivity index (χ2v) is 2.94. The van der Waals surface area contributed by atoms with Crippen molar-refractivity contribution in [3.63, 3.8) is 0 Å². The number of aliphatic imine (C=N–C) groups is 1. The summed E-state index contributed by atoms with van der Waals surface area (Å²) in [7, 11) is 0. The Balaban J connectivity index is 4.19. The minimum atomic E-state index is 0.0574. The summed E-state index contributed by atoms with van der Waals surface area (Å²) in [5.41, 5.74) is 1.89. The number of rotatable bonds is 5. The van der Waals surface area contributed by atoms with E-state index < -0.39 is 0 Å². The van der Waals surface area contributed by atoms with Crippen LogP contribution < -0.4 is 5.32 Å². The number of hydrogen-bond acceptors (Lipinski definition) is 2. The number of carbonyl (C=O) groups excluding carboxylic acids is 1. The molecule has 0 rings (SSSR count). The van der Waals surface area contributed by atoms with Gasteiger partial charge >= 0.3 is 0 Å². The molecule has 0 radical (unpaired) electrons. The second kappa shape index (κ2) is 7.06. The first-order valence-corrected chi connectivity index (χ1v) is 4.71. The van der Waals surface area contributed by atoms with Gasteiger partial charge in [-0.3, -0.25) is 9.79 Å². The first-order valence-electron chi connectivity index (χ1n) is 4.71. The van der Waals surface area contributed by atoms with Gasteiger partial charge in [0.2, 0.25) is 5.91 Å². The maximum Gasteiger partial charge on any atom is 0.219 e. The number of allylic oxidation sites excluding steroid dienone is 2. The molecule has 0 spiro atoms. The maximum absolute atomic E-state index is 11.0. The largest absolute Gasteiger partial charge is 0.352 e. The SMILES string of the molecule is C=N/C(C)=C\C(=C/C)CNC(=O)CC. The van der Waals surface area contributed by atoms with Gasteiger partial charge in [0, 0.05) is 18.7 Å². The molecule has 0 bridgehead atoms. The molecule has 0 aromatic rings. The van der Waals surface area contributed by atoms with Crippen LogP contribution in [0.25, 0.3) is 0 Å². The zero-order valence-electron chi connectivity index (χ0n) is 9.13. The topological polar surface area (TPSA) is 41.5 Å². The molecule has 78 valence electrons. The van der Waals surface area contributed by atoms with E-state index in [0.29, 0.717) is 13.0 Å². The third-order valence-electron chi connectivity index (χ3n) is 1.83. The highest BCUT2D eigenvalue weighted by Crippen LogP contribution is 2.01. The highest BCUT2D eigenvalue weighted by Gasteiger charge is 1.97. The van der Waals surface area contributed by atoms with E-state index in [4.69, 9.17) is 0 Å². The first-order chi connectivity index (χ1) is 6.63. The van der Waals surface area contributed by atoms with Gasteiger partial charge in [-0.2, -0.15) is 0 Å². The second-order valence-electron chi connectivity index (χ2n) is 2.94. The molecule has 0 aromatic heterocycles. The van der Waals surface area contributed by atoms with Gasteiger partial charge in [-0.15, -0.1) is 0 Å². The number of nitrogens with one attached hydrogen (secondary N) is 1. The number of amides is 1. The lowest BCUT2D eigenvalue weighted by Crippen LogP contribution is -2.24. The van der Waals surface area contributed by atoms with E-state index in [1.165, 1.54) is 0 Å². The van der Waals surface area contributed by atoms with Crippen LogP contribution in [0.3, 0.4) is 0 Å². The predicted molar refractivity (Wildman–Crippen MR) is 60.4 cm³/mol. The summed E-state index contributed by atoms with van der Waals surface area (Å²) >= 11 is 0. The van der Waals surface area contributed by atoms with Crippen molar-refractivity contribution in [2.45, 2.75) is 27.2 Å². The lowest BCUT2D eigenvalue weighted by Gasteiger charge is -2.04. The normalized spacial score (nSPS) is 12.5. The molecule has 0 saturated carbocycles. The Morgan fingerprint density at radius 1 is 1.57 bits per heavy atom. The van der Waals surface area contributed by atoms with E-state index in [1.54, 1.807) is 0 Å². The van der Waals surface area contributed by atoms with Gasteiger partial charge in [-0.1, -0.05) is 13.0 Å². The van der Waals surface area contributed by atoms with Gasteiger partial charge in [-0.05, 0) is 32.2 Å². The van der Waals surface area contributed by atoms with E-state index >= 15 is 0 Å². The number of hydrogen-bond donors (Lipinski definition) is 1. The Labute approximate surface area is 85.6 Å². The fraction of sp³-hybridized carbons (Fsp3) is 0.455. The standard InChI is InChI=1S/C11H18N2O/c1-5-10(7-9(3)12-4)8-13-11(14)6-2/h5,7H,4,6,8H2,1-3H3,(H,13,14)/b9-7-,10-5+. The van der Waals surface area contributed by atoms with Crippen molar-refractivity contribution in [1.82, 2.24) is 5.32 Å². The zero-order valence-corrected chi connectivity index (χ0v) is 9.13. The zero-order chi connectivity index (χ0) is 11.0. The quantitative estimate of drug-likeness (QED) is 0.528. The molecule has 3 nitrogen and oxygen atoms in total. The van der Waals surface area contributed by atoms with Gasteiger partial charge < -0.3 is 5.32 Å². The monoisotopic (exact) mass is 194 g/mol. The average Bonchev–Trinajstić information content (AvgIpc) is 2.22. The van der Waals surface area contributed by atoms with Gasteiger partial charge in [0.05, 0.1) is 0 Å². The fourth-order valence-electron chi connectivity index (χ4n) is 0.876. The summed E-state index contributed by atoms with van der Waals surface area (Å²) in [6.07, 6.45) is 4.37. The fourth-order valence-corrected chi connectivity index (χ4v) is 0.876. The molecule has 0 unspecified atom stereocenters. The van der Waals surface area contributed by atoms with Crippen LogP contribution in [0.2, 0.25) is 0 Å². The Bertz CT molecular complexity index is 264. The van der Waals surface area contributed by atoms with Crippen molar-refractivity contribution in [3.8, 4) is 0 Å². The molecular weight excluding hydrogens is 176 g/mol. The van der Waals surface area contributed by atoms with Gasteiger partial charge in [0.15, 0.2) is 0 Å². The highest BCUT2D eigenvalue weighted by molar-refractivity contribution is 5.75. The van der Waals surface area contributed by atoms with E-state index in [0.717, 1.165) is 11.3 Å². The molecule has 0 atom stereocenters. The summed E-state index contributed by atoms with van der Waals surface area (Å²) in [6, 6.07) is 0. The van der Waals surface area contributed by atoms with Crippen LogP contribution in [-0.2, 0) is 4.79 Å². The van der Waals surface area contributed by atoms with Crippen LogP contribution in [-0.4, -0.2) is 19.2 Å². The van der Waals surface area contributed by atoms with Gasteiger partial charge in [0.25, 0.3) is 0 Å². The molecule has 0 heterocycles. The van der Waals surface area contributed by atoms with E-state index in [1.807, 2.05) is 32.9 Å². The van der Waals surface area contributed by atoms with Crippen molar-refractivity contribution in [3.05, 3.63) is 23.4 Å². The molecule has 0 fully saturated rings. The predicted octanol–water partition coefficient (Wildman–Crippen LogP) is 2.06. The Morgan fingerprint density at radius 2 is 2.21 bits per heavy atom. The Kier molecular flexibility index (Phi) is 6.37. The summed E-state index contributed by atoms with van der Waals surface area (Å²) < 4.78 is 0. The lowest BCUT2D eigenvalue weighted by molar-refractivity contribution is -0.120. The molecule has 0 aromatic carbocycles. The van der Waals surface area contributed by atoms with Crippen molar-refractivity contribution in [1.29, 1.82) is 0 Å². The highest BCUT2D eigenvalue weighted by atomic mass is 16.1. The van der Waals surface area contributed by atoms with Crippen molar-refractivity contribution in [2.24, 2.45) is 4.99 Å². The molecule has 3 heteroatoms. The Hall–Kier alpha value is -1.38. The third-order valence-corrected chi connectivity index (χ3v) is 1.83.